The maximum absolute atomic E-state index is 15.1. The number of benzene rings is 3. The molecule has 48 heavy (non-hydrogen) atoms. The molecule has 8 nitrogen and oxygen atoms in total. The number of hydrogen-bond donors (Lipinski definition) is 1. The molecule has 1 aliphatic rings. The number of thioether (sulfide) groups is 1. The third kappa shape index (κ3) is 5.62. The van der Waals surface area contributed by atoms with Crippen LogP contribution in [-0.2, 0) is 42.7 Å². The molecule has 248 valence electrons. The van der Waals surface area contributed by atoms with Gasteiger partial charge in [0.05, 0.1) is 25.1 Å². The van der Waals surface area contributed by atoms with Gasteiger partial charge < -0.3 is 14.0 Å². The lowest BCUT2D eigenvalue weighted by Gasteiger charge is -2.15. The average molecular weight is 690 g/mol. The predicted molar refractivity (Wildman–Crippen MR) is 185 cm³/mol. The van der Waals surface area contributed by atoms with Gasteiger partial charge in [0.25, 0.3) is 0 Å². The van der Waals surface area contributed by atoms with Crippen molar-refractivity contribution in [3.05, 3.63) is 98.7 Å². The van der Waals surface area contributed by atoms with Crippen molar-refractivity contribution >= 4 is 51.0 Å². The van der Waals surface area contributed by atoms with Crippen LogP contribution in [0.1, 0.15) is 50.8 Å². The number of esters is 1. The number of fused-ring (bicyclic) bond motifs is 8. The number of carbonyl (C=O) groups excluding carboxylic acids is 1. The topological polar surface area (TPSA) is 87.0 Å². The predicted octanol–water partition coefficient (Wildman–Crippen LogP) is 8.25. The molecule has 12 heteroatoms. The normalized spacial score (nSPS) is 14.1. The Hall–Kier alpha value is -4.35. The van der Waals surface area contributed by atoms with Gasteiger partial charge in [0.1, 0.15) is 11.4 Å². The van der Waals surface area contributed by atoms with E-state index in [0.717, 1.165) is 62.0 Å². The van der Waals surface area contributed by atoms with E-state index in [2.05, 4.69) is 16.3 Å². The number of aromatic amines is 1. The lowest BCUT2D eigenvalue weighted by Crippen LogP contribution is -2.13. The van der Waals surface area contributed by atoms with E-state index in [9.17, 15) is 9.18 Å². The minimum atomic E-state index is -0.904. The molecule has 0 atom stereocenters. The Kier molecular flexibility index (Phi) is 8.68. The molecule has 3 aromatic carbocycles. The second kappa shape index (κ2) is 12.9. The largest absolute Gasteiger partial charge is 0.493 e. The first-order valence-electron chi connectivity index (χ1n) is 15.7. The van der Waals surface area contributed by atoms with Crippen molar-refractivity contribution in [3.8, 4) is 16.9 Å². The molecule has 6 aromatic rings. The summed E-state index contributed by atoms with van der Waals surface area (Å²) in [5.74, 6) is -0.497. The van der Waals surface area contributed by atoms with Crippen molar-refractivity contribution in [2.24, 2.45) is 7.05 Å². The monoisotopic (exact) mass is 689 g/mol. The highest BCUT2D eigenvalue weighted by atomic mass is 35.5. The zero-order chi connectivity index (χ0) is 33.7. The van der Waals surface area contributed by atoms with Gasteiger partial charge in [0.15, 0.2) is 11.6 Å². The summed E-state index contributed by atoms with van der Waals surface area (Å²) in [5.41, 5.74) is 8.31. The molecule has 0 radical (unpaired) electrons. The zero-order valence-corrected chi connectivity index (χ0v) is 28.6. The Morgan fingerprint density at radius 2 is 1.90 bits per heavy atom. The van der Waals surface area contributed by atoms with Gasteiger partial charge in [-0.25, -0.2) is 13.6 Å². The minimum Gasteiger partial charge on any atom is -0.493 e. The summed E-state index contributed by atoms with van der Waals surface area (Å²) in [6.07, 6.45) is 1.77. The smallest absolute Gasteiger partial charge is 0.354 e. The lowest BCUT2D eigenvalue weighted by atomic mass is 9.97. The van der Waals surface area contributed by atoms with Crippen LogP contribution in [0.4, 0.5) is 8.78 Å². The molecule has 0 aliphatic carbocycles. The van der Waals surface area contributed by atoms with Crippen LogP contribution in [0.3, 0.4) is 0 Å². The first-order valence-corrected chi connectivity index (χ1v) is 17.3. The Morgan fingerprint density at radius 3 is 2.71 bits per heavy atom. The van der Waals surface area contributed by atoms with E-state index in [1.807, 2.05) is 48.3 Å². The molecule has 0 saturated carbocycles. The summed E-state index contributed by atoms with van der Waals surface area (Å²) in [6, 6.07) is 12.1. The average Bonchev–Trinajstić information content (AvgIpc) is 3.71. The van der Waals surface area contributed by atoms with Crippen molar-refractivity contribution in [3.63, 3.8) is 0 Å². The molecule has 0 spiro atoms. The number of hydrogen-bond acceptors (Lipinski definition) is 6. The first kappa shape index (κ1) is 32.2. The highest BCUT2D eigenvalue weighted by Gasteiger charge is 2.27. The molecule has 0 amide bonds. The van der Waals surface area contributed by atoms with E-state index >= 15 is 4.39 Å². The number of aryl methyl sites for hydroxylation is 6. The number of nitrogens with one attached hydrogen (secondary N) is 1. The molecule has 0 unspecified atom stereocenters. The van der Waals surface area contributed by atoms with E-state index in [-0.39, 0.29) is 12.0 Å². The number of rotatable bonds is 1. The van der Waals surface area contributed by atoms with Gasteiger partial charge in [-0.15, -0.1) is 11.8 Å². The summed E-state index contributed by atoms with van der Waals surface area (Å²) >= 11 is 8.66. The van der Waals surface area contributed by atoms with Gasteiger partial charge >= 0.3 is 5.97 Å². The van der Waals surface area contributed by atoms with E-state index in [1.54, 1.807) is 23.9 Å². The minimum absolute atomic E-state index is 0.181. The molecule has 1 N–H and O–H groups in total. The Labute approximate surface area is 285 Å². The third-order valence-electron chi connectivity index (χ3n) is 9.09. The number of ether oxygens (including phenoxy) is 2. The fourth-order valence-electron chi connectivity index (χ4n) is 6.83. The van der Waals surface area contributed by atoms with Crippen molar-refractivity contribution in [2.75, 3.05) is 13.7 Å². The number of methoxy groups -OCH3 is 1. The Balaban J connectivity index is 1.36. The van der Waals surface area contributed by atoms with Crippen LogP contribution >= 0.6 is 23.4 Å². The van der Waals surface area contributed by atoms with E-state index in [1.165, 1.54) is 7.11 Å². The Bertz CT molecular complexity index is 2220. The van der Waals surface area contributed by atoms with Crippen LogP contribution in [0, 0.1) is 25.5 Å². The van der Waals surface area contributed by atoms with Crippen molar-refractivity contribution < 1.29 is 23.0 Å². The van der Waals surface area contributed by atoms with Crippen LogP contribution in [0.15, 0.2) is 42.5 Å². The molecule has 1 aliphatic heterocycles. The second-order valence-corrected chi connectivity index (χ2v) is 13.5. The van der Waals surface area contributed by atoms with E-state index in [0.29, 0.717) is 59.2 Å². The number of H-pyrrole nitrogens is 1. The summed E-state index contributed by atoms with van der Waals surface area (Å²) in [5, 5.41) is 14.7. The summed E-state index contributed by atoms with van der Waals surface area (Å²) < 4.78 is 44.8. The van der Waals surface area contributed by atoms with Gasteiger partial charge in [-0.2, -0.15) is 10.2 Å². The van der Waals surface area contributed by atoms with Gasteiger partial charge in [0, 0.05) is 74.3 Å². The number of halogens is 3. The van der Waals surface area contributed by atoms with Crippen LogP contribution < -0.4 is 4.74 Å². The summed E-state index contributed by atoms with van der Waals surface area (Å²) in [7, 11) is 3.29. The van der Waals surface area contributed by atoms with Gasteiger partial charge in [-0.3, -0.25) is 9.78 Å². The molecule has 0 saturated heterocycles. The Morgan fingerprint density at radius 1 is 1.06 bits per heavy atom. The van der Waals surface area contributed by atoms with Crippen molar-refractivity contribution in [1.29, 1.82) is 0 Å². The highest BCUT2D eigenvalue weighted by Crippen LogP contribution is 2.43. The maximum atomic E-state index is 15.1. The molecule has 0 fully saturated rings. The van der Waals surface area contributed by atoms with E-state index < -0.39 is 17.6 Å². The fourth-order valence-corrected chi connectivity index (χ4v) is 7.94. The summed E-state index contributed by atoms with van der Waals surface area (Å²) in [4.78, 5) is 13.3. The summed E-state index contributed by atoms with van der Waals surface area (Å²) in [6.45, 7) is 4.59. The van der Waals surface area contributed by atoms with Crippen molar-refractivity contribution in [2.45, 2.75) is 51.2 Å². The third-order valence-corrected chi connectivity index (χ3v) is 10.4. The van der Waals surface area contributed by atoms with Crippen LogP contribution in [-0.4, -0.2) is 44.2 Å². The molecule has 4 heterocycles. The molecular weight excluding hydrogens is 656 g/mol. The quantitative estimate of drug-likeness (QED) is 0.175. The van der Waals surface area contributed by atoms with Crippen LogP contribution in [0.2, 0.25) is 5.02 Å². The maximum Gasteiger partial charge on any atom is 0.354 e. The highest BCUT2D eigenvalue weighted by molar-refractivity contribution is 7.97. The molecular formula is C36H34ClF2N5O3S. The second-order valence-electron chi connectivity index (χ2n) is 12.1. The molecule has 3 aromatic heterocycles. The molecule has 8 bridgehead atoms. The SMILES string of the molecule is COC(=O)c1c(C)c2c3c(Cl)ccc2n1CCCOc1cc(cc2c(F)c(F)ccc12)CCc1cc(nn1C)CSCc1n[nH]c(C)c1-3. The standard InChI is InChI=1S/C36H34ClF2N5O3S/c1-19-31-29-11-9-26(37)33(31)32-20(2)40-41-28(32)18-48-17-22-16-23(43(3)42-22)7-6-21-14-25-24(8-10-27(38)34(25)39)30(15-21)47-13-5-12-44(29)35(19)36(45)46-4/h8-11,14-16H,5-7,12-13,17-18H2,1-4H3,(H,40,41). The first-order chi connectivity index (χ1) is 23.2. The zero-order valence-electron chi connectivity index (χ0n) is 27.0. The van der Waals surface area contributed by atoms with Gasteiger partial charge in [-0.05, 0) is 86.7 Å². The number of aromatic nitrogens is 5. The lowest BCUT2D eigenvalue weighted by molar-refractivity contribution is 0.0587. The van der Waals surface area contributed by atoms with Crippen molar-refractivity contribution in [1.82, 2.24) is 24.5 Å². The number of carbonyl (C=O) groups is 1. The number of nitrogens with zero attached hydrogens (tertiary/aromatic N) is 4. The fraction of sp³-hybridized carbons (Fsp3) is 0.306. The van der Waals surface area contributed by atoms with Crippen LogP contribution in [0.5, 0.6) is 5.75 Å². The van der Waals surface area contributed by atoms with Gasteiger partial charge in [-0.1, -0.05) is 11.6 Å². The van der Waals surface area contributed by atoms with Gasteiger partial charge in [0.2, 0.25) is 0 Å². The molecule has 7 rings (SSSR count). The van der Waals surface area contributed by atoms with Crippen LogP contribution in [0.25, 0.3) is 32.8 Å². The van der Waals surface area contributed by atoms with E-state index in [4.69, 9.17) is 26.2 Å².